The monoisotopic (exact) mass is 298 g/mol. The first-order valence-corrected chi connectivity index (χ1v) is 8.57. The summed E-state index contributed by atoms with van der Waals surface area (Å²) in [6, 6.07) is 4.13. The molecule has 0 aliphatic heterocycles. The molecule has 0 radical (unpaired) electrons. The number of hydrogen-bond acceptors (Lipinski definition) is 3. The summed E-state index contributed by atoms with van der Waals surface area (Å²) in [6.07, 6.45) is 2.88. The molecule has 19 heavy (non-hydrogen) atoms. The quantitative estimate of drug-likeness (QED) is 0.874. The van der Waals surface area contributed by atoms with E-state index in [1.54, 1.807) is 23.1 Å². The molecule has 1 saturated carbocycles. The second-order valence-corrected chi connectivity index (χ2v) is 8.90. The highest BCUT2D eigenvalue weighted by Crippen LogP contribution is 2.46. The van der Waals surface area contributed by atoms with Crippen molar-refractivity contribution < 1.29 is 9.90 Å². The van der Waals surface area contributed by atoms with Crippen molar-refractivity contribution in [3.8, 4) is 0 Å². The molecule has 3 unspecified atom stereocenters. The Morgan fingerprint density at radius 2 is 2.16 bits per heavy atom. The van der Waals surface area contributed by atoms with Gasteiger partial charge in [0, 0.05) is 5.25 Å². The minimum atomic E-state index is -0.624. The molecule has 4 heteroatoms. The molecule has 2 nitrogen and oxygen atoms in total. The summed E-state index contributed by atoms with van der Waals surface area (Å²) in [5.41, 5.74) is 0.276. The largest absolute Gasteiger partial charge is 0.481 e. The number of carbonyl (C=O) groups is 1. The Morgan fingerprint density at radius 1 is 1.42 bits per heavy atom. The molecule has 1 aromatic rings. The molecule has 1 aromatic heterocycles. The van der Waals surface area contributed by atoms with Gasteiger partial charge in [0.2, 0.25) is 0 Å². The van der Waals surface area contributed by atoms with Crippen molar-refractivity contribution in [2.45, 2.75) is 49.5 Å². The number of thiophene rings is 1. The molecule has 0 bridgehead atoms. The van der Waals surface area contributed by atoms with Crippen LogP contribution in [0.15, 0.2) is 21.7 Å². The van der Waals surface area contributed by atoms with Gasteiger partial charge < -0.3 is 5.11 Å². The van der Waals surface area contributed by atoms with Crippen LogP contribution in [0.4, 0.5) is 0 Å². The second-order valence-electron chi connectivity index (χ2n) is 6.41. The SMILES string of the molecule is CC(C)(C)C1CCC(C(=O)O)C(Sc2cccs2)C1. The average molecular weight is 298 g/mol. The van der Waals surface area contributed by atoms with Crippen LogP contribution in [-0.4, -0.2) is 16.3 Å². The number of aliphatic carboxylic acids is 1. The van der Waals surface area contributed by atoms with E-state index in [1.807, 2.05) is 6.07 Å². The van der Waals surface area contributed by atoms with Gasteiger partial charge in [0.1, 0.15) is 0 Å². The average Bonchev–Trinajstić information content (AvgIpc) is 2.80. The maximum Gasteiger partial charge on any atom is 0.307 e. The zero-order valence-corrected chi connectivity index (χ0v) is 13.4. The Bertz CT molecular complexity index is 420. The third kappa shape index (κ3) is 3.76. The van der Waals surface area contributed by atoms with Crippen molar-refractivity contribution in [2.24, 2.45) is 17.3 Å². The van der Waals surface area contributed by atoms with Crippen molar-refractivity contribution in [3.05, 3.63) is 17.5 Å². The first-order valence-electron chi connectivity index (χ1n) is 6.81. The van der Waals surface area contributed by atoms with Crippen molar-refractivity contribution in [3.63, 3.8) is 0 Å². The zero-order valence-electron chi connectivity index (χ0n) is 11.8. The standard InChI is InChI=1S/C15H22O2S2/c1-15(2,3)10-6-7-11(14(16)17)12(9-10)19-13-5-4-8-18-13/h4-5,8,10-12H,6-7,9H2,1-3H3,(H,16,17). The summed E-state index contributed by atoms with van der Waals surface area (Å²) in [5, 5.41) is 11.7. The van der Waals surface area contributed by atoms with Crippen LogP contribution in [0.5, 0.6) is 0 Å². The number of carboxylic acids is 1. The molecule has 0 saturated heterocycles. The van der Waals surface area contributed by atoms with E-state index < -0.39 is 5.97 Å². The van der Waals surface area contributed by atoms with Crippen molar-refractivity contribution >= 4 is 29.1 Å². The van der Waals surface area contributed by atoms with Crippen molar-refractivity contribution in [1.29, 1.82) is 0 Å². The molecule has 3 atom stereocenters. The van der Waals surface area contributed by atoms with E-state index >= 15 is 0 Å². The Balaban J connectivity index is 2.11. The van der Waals surface area contributed by atoms with E-state index in [-0.39, 0.29) is 16.6 Å². The smallest absolute Gasteiger partial charge is 0.307 e. The van der Waals surface area contributed by atoms with Gasteiger partial charge in [0.25, 0.3) is 0 Å². The fraction of sp³-hybridized carbons (Fsp3) is 0.667. The van der Waals surface area contributed by atoms with Crippen LogP contribution in [0.2, 0.25) is 0 Å². The molecule has 0 amide bonds. The van der Waals surface area contributed by atoms with Crippen LogP contribution in [0.1, 0.15) is 40.0 Å². The number of carboxylic acid groups (broad SMARTS) is 1. The van der Waals surface area contributed by atoms with E-state index in [1.165, 1.54) is 4.21 Å². The lowest BCUT2D eigenvalue weighted by molar-refractivity contribution is -0.143. The second kappa shape index (κ2) is 5.88. The topological polar surface area (TPSA) is 37.3 Å². The zero-order chi connectivity index (χ0) is 14.0. The Morgan fingerprint density at radius 3 is 2.68 bits per heavy atom. The van der Waals surface area contributed by atoms with E-state index in [0.29, 0.717) is 5.92 Å². The maximum atomic E-state index is 11.4. The minimum Gasteiger partial charge on any atom is -0.481 e. The summed E-state index contributed by atoms with van der Waals surface area (Å²) in [4.78, 5) is 11.4. The summed E-state index contributed by atoms with van der Waals surface area (Å²) in [7, 11) is 0. The van der Waals surface area contributed by atoms with E-state index in [0.717, 1.165) is 19.3 Å². The number of thioether (sulfide) groups is 1. The Hall–Kier alpha value is -0.480. The summed E-state index contributed by atoms with van der Waals surface area (Å²) in [6.45, 7) is 6.81. The highest BCUT2D eigenvalue weighted by molar-refractivity contribution is 8.01. The van der Waals surface area contributed by atoms with E-state index in [9.17, 15) is 9.90 Å². The highest BCUT2D eigenvalue weighted by Gasteiger charge is 2.39. The molecule has 1 aliphatic carbocycles. The predicted molar refractivity (Wildman–Crippen MR) is 81.9 cm³/mol. The van der Waals surface area contributed by atoms with Gasteiger partial charge in [-0.15, -0.1) is 23.1 Å². The lowest BCUT2D eigenvalue weighted by Crippen LogP contribution is -2.37. The van der Waals surface area contributed by atoms with Crippen LogP contribution in [-0.2, 0) is 4.79 Å². The third-order valence-electron chi connectivity index (χ3n) is 4.10. The van der Waals surface area contributed by atoms with Crippen molar-refractivity contribution in [2.75, 3.05) is 0 Å². The summed E-state index contributed by atoms with van der Waals surface area (Å²) >= 11 is 3.47. The molecule has 0 spiro atoms. The van der Waals surface area contributed by atoms with Gasteiger partial charge in [0.15, 0.2) is 0 Å². The van der Waals surface area contributed by atoms with E-state index in [4.69, 9.17) is 0 Å². The predicted octanol–water partition coefficient (Wildman–Crippen LogP) is 4.76. The third-order valence-corrected chi connectivity index (χ3v) is 6.53. The highest BCUT2D eigenvalue weighted by atomic mass is 32.2. The molecule has 106 valence electrons. The molecular weight excluding hydrogens is 276 g/mol. The molecule has 1 N–H and O–H groups in total. The minimum absolute atomic E-state index is 0.189. The van der Waals surface area contributed by atoms with Crippen LogP contribution in [0.3, 0.4) is 0 Å². The Labute approximate surface area is 123 Å². The first-order chi connectivity index (χ1) is 8.88. The van der Waals surface area contributed by atoms with Gasteiger partial charge >= 0.3 is 5.97 Å². The molecule has 1 fully saturated rings. The van der Waals surface area contributed by atoms with E-state index in [2.05, 4.69) is 32.2 Å². The summed E-state index contributed by atoms with van der Waals surface area (Å²) < 4.78 is 1.24. The van der Waals surface area contributed by atoms with Gasteiger partial charge in [0.05, 0.1) is 10.1 Å². The van der Waals surface area contributed by atoms with Gasteiger partial charge in [-0.2, -0.15) is 0 Å². The van der Waals surface area contributed by atoms with Gasteiger partial charge in [-0.05, 0) is 42.0 Å². The molecule has 1 aliphatic rings. The van der Waals surface area contributed by atoms with Crippen molar-refractivity contribution in [1.82, 2.24) is 0 Å². The molecule has 2 rings (SSSR count). The fourth-order valence-electron chi connectivity index (χ4n) is 2.81. The number of rotatable bonds is 3. The van der Waals surface area contributed by atoms with Crippen LogP contribution < -0.4 is 0 Å². The van der Waals surface area contributed by atoms with Gasteiger partial charge in [-0.25, -0.2) is 0 Å². The first kappa shape index (κ1) is 14.9. The van der Waals surface area contributed by atoms with Crippen LogP contribution in [0, 0.1) is 17.3 Å². The van der Waals surface area contributed by atoms with Gasteiger partial charge in [-0.3, -0.25) is 4.79 Å². The van der Waals surface area contributed by atoms with Crippen LogP contribution >= 0.6 is 23.1 Å². The fourth-order valence-corrected chi connectivity index (χ4v) is 5.22. The summed E-state index contributed by atoms with van der Waals surface area (Å²) in [5.74, 6) is -0.187. The lowest BCUT2D eigenvalue weighted by Gasteiger charge is -2.40. The lowest BCUT2D eigenvalue weighted by atomic mass is 9.69. The normalized spacial score (nSPS) is 28.3. The van der Waals surface area contributed by atoms with Gasteiger partial charge in [-0.1, -0.05) is 26.8 Å². The molecule has 0 aromatic carbocycles. The van der Waals surface area contributed by atoms with Crippen LogP contribution in [0.25, 0.3) is 0 Å². The molecular formula is C15H22O2S2. The molecule has 1 heterocycles. The number of hydrogen-bond donors (Lipinski definition) is 1. The Kier molecular flexibility index (Phi) is 4.62. The maximum absolute atomic E-state index is 11.4.